The summed E-state index contributed by atoms with van der Waals surface area (Å²) < 4.78 is 30.7. The number of aromatic amines is 1. The summed E-state index contributed by atoms with van der Waals surface area (Å²) in [6.07, 6.45) is 4.32. The van der Waals surface area contributed by atoms with E-state index in [-0.39, 0.29) is 48.5 Å². The maximum Gasteiger partial charge on any atom is 0.327 e. The number of likely N-dealkylation sites (tertiary alicyclic amines) is 3. The fraction of sp³-hybridized carbons (Fsp3) is 0.533. The smallest absolute Gasteiger partial charge is 0.327 e. The second kappa shape index (κ2) is 12.3. The highest BCUT2D eigenvalue weighted by Crippen LogP contribution is 2.31. The molecule has 3 aromatic rings. The molecule has 230 valence electrons. The standard InChI is InChI=1S/C30H37F2N7O4/c31-24-4-1-3-23(26(24)32)19-6-7-20(18-38(17-19)30(43)37-15-10-22(40)11-16-37)34-28(41)36-13-8-21(9-14-36)39-25-5-2-12-33-27(25)35-29(39)42/h1-5,12,19-22,40H,6-11,13-18H2,(H,34,41)(H,33,35,42)/t19-,20-/m1/s1. The van der Waals surface area contributed by atoms with Crippen molar-refractivity contribution in [3.8, 4) is 0 Å². The molecule has 2 atom stereocenters. The van der Waals surface area contributed by atoms with Gasteiger partial charge in [-0.3, -0.25) is 9.55 Å². The molecule has 3 saturated heterocycles. The zero-order chi connectivity index (χ0) is 30.1. The number of aliphatic hydroxyl groups excluding tert-OH is 1. The highest BCUT2D eigenvalue weighted by molar-refractivity contribution is 5.76. The minimum absolute atomic E-state index is 0.0644. The van der Waals surface area contributed by atoms with Crippen LogP contribution in [0.1, 0.15) is 56.0 Å². The van der Waals surface area contributed by atoms with Crippen molar-refractivity contribution in [1.29, 1.82) is 0 Å². The van der Waals surface area contributed by atoms with E-state index in [9.17, 15) is 28.3 Å². The molecule has 3 fully saturated rings. The largest absolute Gasteiger partial charge is 0.393 e. The molecule has 4 amide bonds. The summed E-state index contributed by atoms with van der Waals surface area (Å²) in [6.45, 7) is 2.18. The van der Waals surface area contributed by atoms with Crippen molar-refractivity contribution < 1.29 is 23.5 Å². The SMILES string of the molecule is O=C(N[C@@H]1CC[C@@H](c2cccc(F)c2F)CN(C(=O)N2CCC(O)CC2)C1)N1CCC(n2c(=O)[nH]c3ncccc32)CC1. The number of carbonyl (C=O) groups is 2. The first-order chi connectivity index (χ1) is 20.8. The summed E-state index contributed by atoms with van der Waals surface area (Å²) in [5, 5.41) is 13.0. The Balaban J connectivity index is 1.13. The molecule has 0 spiro atoms. The number of aromatic nitrogens is 3. The fourth-order valence-electron chi connectivity index (χ4n) is 6.73. The zero-order valence-electron chi connectivity index (χ0n) is 23.9. The molecular formula is C30H37F2N7O4. The van der Waals surface area contributed by atoms with Crippen molar-refractivity contribution in [1.82, 2.24) is 34.6 Å². The molecule has 3 aliphatic rings. The molecule has 11 nitrogen and oxygen atoms in total. The number of urea groups is 2. The minimum Gasteiger partial charge on any atom is -0.393 e. The number of benzene rings is 1. The van der Waals surface area contributed by atoms with E-state index in [1.165, 1.54) is 6.07 Å². The zero-order valence-corrected chi connectivity index (χ0v) is 23.9. The molecule has 0 aliphatic carbocycles. The number of nitrogens with zero attached hydrogens (tertiary/aromatic N) is 5. The quantitative estimate of drug-likeness (QED) is 0.428. The Kier molecular flexibility index (Phi) is 8.33. The van der Waals surface area contributed by atoms with Gasteiger partial charge in [-0.1, -0.05) is 12.1 Å². The maximum absolute atomic E-state index is 14.8. The summed E-state index contributed by atoms with van der Waals surface area (Å²) in [6, 6.07) is 6.83. The number of aliphatic hydroxyl groups is 1. The fourth-order valence-corrected chi connectivity index (χ4v) is 6.73. The highest BCUT2D eigenvalue weighted by Gasteiger charge is 2.35. The average molecular weight is 598 g/mol. The number of hydrogen-bond acceptors (Lipinski definition) is 5. The number of carbonyl (C=O) groups excluding carboxylic acids is 2. The Morgan fingerprint density at radius 3 is 2.42 bits per heavy atom. The van der Waals surface area contributed by atoms with Gasteiger partial charge >= 0.3 is 17.8 Å². The van der Waals surface area contributed by atoms with E-state index in [2.05, 4.69) is 15.3 Å². The van der Waals surface area contributed by atoms with Crippen LogP contribution >= 0.6 is 0 Å². The molecule has 3 N–H and O–H groups in total. The van der Waals surface area contributed by atoms with Gasteiger partial charge in [-0.15, -0.1) is 0 Å². The number of pyridine rings is 1. The van der Waals surface area contributed by atoms with Crippen molar-refractivity contribution in [2.45, 2.75) is 62.6 Å². The number of H-pyrrole nitrogens is 1. The molecule has 0 bridgehead atoms. The Hall–Kier alpha value is -4.00. The number of nitrogens with one attached hydrogen (secondary N) is 2. The van der Waals surface area contributed by atoms with Crippen LogP contribution in [0, 0.1) is 11.6 Å². The first-order valence-corrected chi connectivity index (χ1v) is 15.0. The van der Waals surface area contributed by atoms with Crippen LogP contribution in [0.3, 0.4) is 0 Å². The van der Waals surface area contributed by atoms with Crippen LogP contribution in [-0.4, -0.2) is 97.8 Å². The van der Waals surface area contributed by atoms with E-state index in [1.807, 2.05) is 6.07 Å². The molecule has 1 aromatic carbocycles. The lowest BCUT2D eigenvalue weighted by Gasteiger charge is -2.36. The lowest BCUT2D eigenvalue weighted by Crippen LogP contribution is -2.54. The molecule has 2 aromatic heterocycles. The first-order valence-electron chi connectivity index (χ1n) is 15.0. The van der Waals surface area contributed by atoms with Gasteiger partial charge in [-0.2, -0.15) is 0 Å². The molecule has 0 radical (unpaired) electrons. The average Bonchev–Trinajstić information content (AvgIpc) is 3.21. The summed E-state index contributed by atoms with van der Waals surface area (Å²) in [5.74, 6) is -2.27. The Bertz CT molecular complexity index is 1530. The van der Waals surface area contributed by atoms with Crippen molar-refractivity contribution in [3.63, 3.8) is 0 Å². The Labute approximate surface area is 247 Å². The number of imidazole rings is 1. The van der Waals surface area contributed by atoms with Gasteiger partial charge in [-0.05, 0) is 62.3 Å². The van der Waals surface area contributed by atoms with E-state index in [0.29, 0.717) is 70.4 Å². The summed E-state index contributed by atoms with van der Waals surface area (Å²) in [5.41, 5.74) is 1.29. The van der Waals surface area contributed by atoms with Crippen LogP contribution in [-0.2, 0) is 0 Å². The van der Waals surface area contributed by atoms with E-state index in [0.717, 1.165) is 11.6 Å². The third kappa shape index (κ3) is 6.08. The molecule has 6 rings (SSSR count). The Morgan fingerprint density at radius 2 is 1.65 bits per heavy atom. The van der Waals surface area contributed by atoms with Crippen molar-refractivity contribution >= 4 is 23.2 Å². The molecule has 0 saturated carbocycles. The number of rotatable bonds is 3. The van der Waals surface area contributed by atoms with Crippen LogP contribution in [0.15, 0.2) is 41.3 Å². The molecule has 0 unspecified atom stereocenters. The lowest BCUT2D eigenvalue weighted by molar-refractivity contribution is 0.0800. The van der Waals surface area contributed by atoms with Crippen LogP contribution in [0.5, 0.6) is 0 Å². The second-order valence-electron chi connectivity index (χ2n) is 11.9. The van der Waals surface area contributed by atoms with E-state index in [4.69, 9.17) is 0 Å². The predicted molar refractivity (Wildman–Crippen MR) is 155 cm³/mol. The number of piperidine rings is 2. The number of amides is 4. The molecule has 5 heterocycles. The minimum atomic E-state index is -0.927. The monoisotopic (exact) mass is 597 g/mol. The number of hydrogen-bond donors (Lipinski definition) is 3. The normalized spacial score (nSPS) is 22.5. The van der Waals surface area contributed by atoms with Gasteiger partial charge in [0.25, 0.3) is 0 Å². The summed E-state index contributed by atoms with van der Waals surface area (Å²) in [7, 11) is 0. The van der Waals surface area contributed by atoms with E-state index >= 15 is 0 Å². The van der Waals surface area contributed by atoms with Gasteiger partial charge in [-0.25, -0.2) is 28.1 Å². The summed E-state index contributed by atoms with van der Waals surface area (Å²) >= 11 is 0. The molecule has 43 heavy (non-hydrogen) atoms. The highest BCUT2D eigenvalue weighted by atomic mass is 19.2. The number of halogens is 2. The predicted octanol–water partition coefficient (Wildman–Crippen LogP) is 3.17. The lowest BCUT2D eigenvalue weighted by atomic mass is 9.93. The first kappa shape index (κ1) is 29.1. The van der Waals surface area contributed by atoms with Crippen LogP contribution < -0.4 is 11.0 Å². The Morgan fingerprint density at radius 1 is 0.907 bits per heavy atom. The topological polar surface area (TPSA) is 127 Å². The third-order valence-corrected chi connectivity index (χ3v) is 9.11. The van der Waals surface area contributed by atoms with Crippen LogP contribution in [0.2, 0.25) is 0 Å². The van der Waals surface area contributed by atoms with E-state index in [1.54, 1.807) is 37.6 Å². The maximum atomic E-state index is 14.8. The van der Waals surface area contributed by atoms with E-state index < -0.39 is 23.7 Å². The molecule has 13 heteroatoms. The molecular weight excluding hydrogens is 560 g/mol. The third-order valence-electron chi connectivity index (χ3n) is 9.11. The number of fused-ring (bicyclic) bond motifs is 1. The van der Waals surface area contributed by atoms with Crippen molar-refractivity contribution in [3.05, 3.63) is 64.2 Å². The van der Waals surface area contributed by atoms with Crippen molar-refractivity contribution in [2.24, 2.45) is 0 Å². The summed E-state index contributed by atoms with van der Waals surface area (Å²) in [4.78, 5) is 51.7. The van der Waals surface area contributed by atoms with Crippen molar-refractivity contribution in [2.75, 3.05) is 39.3 Å². The van der Waals surface area contributed by atoms with Gasteiger partial charge in [0.1, 0.15) is 0 Å². The van der Waals surface area contributed by atoms with Gasteiger partial charge in [0, 0.05) is 63.5 Å². The molecule has 3 aliphatic heterocycles. The van der Waals surface area contributed by atoms with Crippen LogP contribution in [0.4, 0.5) is 18.4 Å². The van der Waals surface area contributed by atoms with Crippen LogP contribution in [0.25, 0.3) is 11.2 Å². The van der Waals surface area contributed by atoms with Gasteiger partial charge < -0.3 is 25.1 Å². The van der Waals surface area contributed by atoms with Gasteiger partial charge in [0.05, 0.1) is 11.6 Å². The second-order valence-corrected chi connectivity index (χ2v) is 11.9. The van der Waals surface area contributed by atoms with Gasteiger partial charge in [0.15, 0.2) is 17.3 Å². The van der Waals surface area contributed by atoms with Gasteiger partial charge in [0.2, 0.25) is 0 Å².